The van der Waals surface area contributed by atoms with E-state index in [-0.39, 0.29) is 31.3 Å². The summed E-state index contributed by atoms with van der Waals surface area (Å²) in [6, 6.07) is 18.1. The van der Waals surface area contributed by atoms with Crippen molar-refractivity contribution in [2.24, 2.45) is 17.8 Å². The molecule has 0 spiro atoms. The van der Waals surface area contributed by atoms with E-state index in [9.17, 15) is 14.7 Å². The molecule has 6 nitrogen and oxygen atoms in total. The number of rotatable bonds is 17. The summed E-state index contributed by atoms with van der Waals surface area (Å²) in [5.74, 6) is -0.686. The van der Waals surface area contributed by atoms with Gasteiger partial charge in [-0.15, -0.1) is 0 Å². The molecular formula is C36H50O6. The second kappa shape index (κ2) is 17.9. The van der Waals surface area contributed by atoms with Crippen molar-refractivity contribution in [1.29, 1.82) is 0 Å². The Morgan fingerprint density at radius 2 is 1.52 bits per heavy atom. The molecule has 0 amide bonds. The standard InChI is InChI=1S/C36H50O6/c1-4-5-6-7-28-10-14-31(15-11-28)33-18-20-34(21-19-33)32-16-12-29(13-17-32)8-9-30(24-41-35(39)26(2)22-37)25-42-36(40)27(3)23-38/h10-11,14-15,18-21,27,29-30,32,37-38H,2,4-9,12-13,16-17,22-25H2,1,3H3. The predicted molar refractivity (Wildman–Crippen MR) is 167 cm³/mol. The zero-order valence-corrected chi connectivity index (χ0v) is 25.6. The Kier molecular flexibility index (Phi) is 14.3. The quantitative estimate of drug-likeness (QED) is 0.119. The minimum atomic E-state index is -0.636. The summed E-state index contributed by atoms with van der Waals surface area (Å²) in [6.07, 6.45) is 11.3. The van der Waals surface area contributed by atoms with Crippen LogP contribution < -0.4 is 0 Å². The summed E-state index contributed by atoms with van der Waals surface area (Å²) in [6.45, 7) is 6.86. The first-order valence-corrected chi connectivity index (χ1v) is 15.8. The number of esters is 2. The van der Waals surface area contributed by atoms with Crippen LogP contribution in [0, 0.1) is 17.8 Å². The van der Waals surface area contributed by atoms with E-state index in [4.69, 9.17) is 14.6 Å². The van der Waals surface area contributed by atoms with Gasteiger partial charge in [0.2, 0.25) is 0 Å². The molecule has 2 N–H and O–H groups in total. The number of aliphatic hydroxyl groups is 2. The molecule has 3 rings (SSSR count). The zero-order chi connectivity index (χ0) is 30.3. The summed E-state index contributed by atoms with van der Waals surface area (Å²) in [4.78, 5) is 24.1. The number of hydrogen-bond donors (Lipinski definition) is 2. The molecule has 230 valence electrons. The van der Waals surface area contributed by atoms with E-state index in [1.165, 1.54) is 41.5 Å². The van der Waals surface area contributed by atoms with Gasteiger partial charge in [0.05, 0.1) is 37.9 Å². The fourth-order valence-electron chi connectivity index (χ4n) is 5.64. The van der Waals surface area contributed by atoms with E-state index < -0.39 is 24.5 Å². The third-order valence-corrected chi connectivity index (χ3v) is 8.64. The Morgan fingerprint density at radius 1 is 0.905 bits per heavy atom. The van der Waals surface area contributed by atoms with Gasteiger partial charge < -0.3 is 19.7 Å². The highest BCUT2D eigenvalue weighted by Crippen LogP contribution is 2.38. The molecule has 2 atom stereocenters. The Balaban J connectivity index is 1.47. The van der Waals surface area contributed by atoms with Gasteiger partial charge in [0.15, 0.2) is 0 Å². The molecule has 1 fully saturated rings. The molecular weight excluding hydrogens is 528 g/mol. The second-order valence-electron chi connectivity index (χ2n) is 12.0. The van der Waals surface area contributed by atoms with Crippen LogP contribution in [0.4, 0.5) is 0 Å². The van der Waals surface area contributed by atoms with Gasteiger partial charge in [-0.1, -0.05) is 74.9 Å². The van der Waals surface area contributed by atoms with Crippen LogP contribution in [0.1, 0.15) is 88.7 Å². The van der Waals surface area contributed by atoms with E-state index >= 15 is 0 Å². The van der Waals surface area contributed by atoms with Crippen molar-refractivity contribution >= 4 is 11.9 Å². The third kappa shape index (κ3) is 10.7. The Bertz CT molecular complexity index is 1100. The number of carbonyl (C=O) groups excluding carboxylic acids is 2. The van der Waals surface area contributed by atoms with E-state index in [2.05, 4.69) is 62.0 Å². The van der Waals surface area contributed by atoms with Crippen LogP contribution in [0.2, 0.25) is 0 Å². The van der Waals surface area contributed by atoms with Crippen molar-refractivity contribution in [3.05, 3.63) is 71.8 Å². The molecule has 2 unspecified atom stereocenters. The van der Waals surface area contributed by atoms with Crippen LogP contribution in [0.3, 0.4) is 0 Å². The molecule has 0 saturated heterocycles. The number of benzene rings is 2. The maximum atomic E-state index is 12.1. The highest BCUT2D eigenvalue weighted by molar-refractivity contribution is 5.87. The number of ether oxygens (including phenoxy) is 2. The summed E-state index contributed by atoms with van der Waals surface area (Å²) in [5.41, 5.74) is 5.35. The average molecular weight is 579 g/mol. The number of carbonyl (C=O) groups is 2. The minimum absolute atomic E-state index is 0.00159. The van der Waals surface area contributed by atoms with E-state index in [1.807, 2.05) is 0 Å². The molecule has 1 saturated carbocycles. The fourth-order valence-corrected chi connectivity index (χ4v) is 5.64. The Hall–Kier alpha value is -2.96. The van der Waals surface area contributed by atoms with Crippen molar-refractivity contribution in [2.75, 3.05) is 26.4 Å². The summed E-state index contributed by atoms with van der Waals surface area (Å²) < 4.78 is 10.7. The summed E-state index contributed by atoms with van der Waals surface area (Å²) in [7, 11) is 0. The first-order chi connectivity index (χ1) is 20.3. The smallest absolute Gasteiger partial charge is 0.335 e. The zero-order valence-electron chi connectivity index (χ0n) is 25.6. The van der Waals surface area contributed by atoms with Crippen molar-refractivity contribution in [3.63, 3.8) is 0 Å². The first-order valence-electron chi connectivity index (χ1n) is 15.8. The van der Waals surface area contributed by atoms with Crippen LogP contribution in [0.5, 0.6) is 0 Å². The SMILES string of the molecule is C=C(CO)C(=O)OCC(CCC1CCC(c2ccc(-c3ccc(CCCCC)cc3)cc2)CC1)COC(=O)C(C)CO. The lowest BCUT2D eigenvalue weighted by Gasteiger charge is -2.30. The second-order valence-corrected chi connectivity index (χ2v) is 12.0. The normalized spacial score (nSPS) is 18.2. The maximum Gasteiger partial charge on any atom is 0.335 e. The molecule has 1 aliphatic carbocycles. The van der Waals surface area contributed by atoms with Crippen LogP contribution in [-0.2, 0) is 25.5 Å². The van der Waals surface area contributed by atoms with Gasteiger partial charge in [-0.2, -0.15) is 0 Å². The van der Waals surface area contributed by atoms with Crippen LogP contribution in [-0.4, -0.2) is 48.6 Å². The highest BCUT2D eigenvalue weighted by atomic mass is 16.5. The van der Waals surface area contributed by atoms with Gasteiger partial charge in [-0.25, -0.2) is 4.79 Å². The van der Waals surface area contributed by atoms with Crippen molar-refractivity contribution in [1.82, 2.24) is 0 Å². The van der Waals surface area contributed by atoms with Crippen LogP contribution in [0.25, 0.3) is 11.1 Å². The number of aryl methyl sites for hydroxylation is 1. The lowest BCUT2D eigenvalue weighted by molar-refractivity contribution is -0.152. The van der Waals surface area contributed by atoms with E-state index in [0.717, 1.165) is 44.9 Å². The molecule has 0 aromatic heterocycles. The van der Waals surface area contributed by atoms with E-state index in [1.54, 1.807) is 6.92 Å². The average Bonchev–Trinajstić information content (AvgIpc) is 3.04. The number of aliphatic hydroxyl groups excluding tert-OH is 2. The molecule has 0 aliphatic heterocycles. The molecule has 0 heterocycles. The molecule has 42 heavy (non-hydrogen) atoms. The predicted octanol–water partition coefficient (Wildman–Crippen LogP) is 7.02. The molecule has 0 radical (unpaired) electrons. The molecule has 6 heteroatoms. The van der Waals surface area contributed by atoms with Crippen molar-refractivity contribution in [2.45, 2.75) is 84.0 Å². The third-order valence-electron chi connectivity index (χ3n) is 8.64. The Labute approximate surface area is 252 Å². The van der Waals surface area contributed by atoms with Crippen molar-refractivity contribution in [3.8, 4) is 11.1 Å². The Morgan fingerprint density at radius 3 is 2.12 bits per heavy atom. The van der Waals surface area contributed by atoms with Crippen LogP contribution >= 0.6 is 0 Å². The molecule has 2 aromatic carbocycles. The van der Waals surface area contributed by atoms with Gasteiger partial charge in [-0.3, -0.25) is 4.79 Å². The minimum Gasteiger partial charge on any atom is -0.465 e. The van der Waals surface area contributed by atoms with Gasteiger partial charge in [0, 0.05) is 5.92 Å². The molecule has 2 aromatic rings. The number of hydrogen-bond acceptors (Lipinski definition) is 6. The van der Waals surface area contributed by atoms with Gasteiger partial charge in [0.1, 0.15) is 0 Å². The van der Waals surface area contributed by atoms with Gasteiger partial charge >= 0.3 is 11.9 Å². The van der Waals surface area contributed by atoms with Gasteiger partial charge in [0.25, 0.3) is 0 Å². The number of unbranched alkanes of at least 4 members (excludes halogenated alkanes) is 2. The monoisotopic (exact) mass is 578 g/mol. The molecule has 0 bridgehead atoms. The summed E-state index contributed by atoms with van der Waals surface area (Å²) in [5, 5.41) is 18.3. The highest BCUT2D eigenvalue weighted by Gasteiger charge is 2.25. The van der Waals surface area contributed by atoms with Crippen LogP contribution in [0.15, 0.2) is 60.7 Å². The molecule has 1 aliphatic rings. The largest absolute Gasteiger partial charge is 0.465 e. The fraction of sp³-hybridized carbons (Fsp3) is 0.556. The van der Waals surface area contributed by atoms with E-state index in [0.29, 0.717) is 11.8 Å². The first kappa shape index (κ1) is 33.5. The van der Waals surface area contributed by atoms with Crippen molar-refractivity contribution < 1.29 is 29.3 Å². The lowest BCUT2D eigenvalue weighted by Crippen LogP contribution is -2.26. The summed E-state index contributed by atoms with van der Waals surface area (Å²) >= 11 is 0. The van der Waals surface area contributed by atoms with Gasteiger partial charge in [-0.05, 0) is 92.4 Å². The maximum absolute atomic E-state index is 12.1. The lowest BCUT2D eigenvalue weighted by atomic mass is 9.76. The topological polar surface area (TPSA) is 93.1 Å².